The number of rotatable bonds is 3. The molecular weight excluding hydrogens is 512 g/mol. The zero-order chi connectivity index (χ0) is 26.0. The summed E-state index contributed by atoms with van der Waals surface area (Å²) in [7, 11) is 0. The Morgan fingerprint density at radius 3 is 1.33 bits per heavy atom. The second-order valence-electron chi connectivity index (χ2n) is 8.37. The molecule has 2 fully saturated rings. The Morgan fingerprint density at radius 1 is 0.583 bits per heavy atom. The average molecular weight is 539 g/mol. The molecule has 2 aliphatic rings. The van der Waals surface area contributed by atoms with Crippen molar-refractivity contribution in [1.29, 1.82) is 0 Å². The summed E-state index contributed by atoms with van der Waals surface area (Å²) in [5.41, 5.74) is 0. The molecule has 4 rings (SSSR count). The zero-order valence-corrected chi connectivity index (χ0v) is 20.3. The summed E-state index contributed by atoms with van der Waals surface area (Å²) in [6.07, 6.45) is -12.9. The Bertz CT molecular complexity index is 1060. The fourth-order valence-electron chi connectivity index (χ4n) is 3.80. The first kappa shape index (κ1) is 27.2. The van der Waals surface area contributed by atoms with Crippen molar-refractivity contribution < 1.29 is 50.3 Å². The third kappa shape index (κ3) is 5.66. The summed E-state index contributed by atoms with van der Waals surface area (Å²) in [5, 5.41) is 78.3. The van der Waals surface area contributed by atoms with E-state index in [1.54, 1.807) is 12.1 Å². The van der Waals surface area contributed by atoms with Crippen molar-refractivity contribution in [2.45, 2.75) is 61.0 Å². The van der Waals surface area contributed by atoms with Crippen molar-refractivity contribution in [1.82, 2.24) is 0 Å². The monoisotopic (exact) mass is 538 g/mol. The van der Waals surface area contributed by atoms with Crippen LogP contribution in [0.1, 0.15) is 9.75 Å². The summed E-state index contributed by atoms with van der Waals surface area (Å²) in [5.74, 6) is 11.3. The molecule has 0 unspecified atom stereocenters. The number of aliphatic hydroxyl groups is 8. The molecule has 0 bridgehead atoms. The van der Waals surface area contributed by atoms with Crippen LogP contribution in [0.3, 0.4) is 0 Å². The molecule has 10 atom stereocenters. The predicted octanol–water partition coefficient (Wildman–Crippen LogP) is -2.14. The summed E-state index contributed by atoms with van der Waals surface area (Å²) >= 11 is 2.77. The van der Waals surface area contributed by atoms with Gasteiger partial charge in [0, 0.05) is 9.75 Å². The van der Waals surface area contributed by atoms with Crippen LogP contribution in [0.15, 0.2) is 24.3 Å². The Labute approximate surface area is 214 Å². The first-order valence-corrected chi connectivity index (χ1v) is 12.7. The summed E-state index contributed by atoms with van der Waals surface area (Å²) in [6, 6.07) is 7.30. The second-order valence-corrected chi connectivity index (χ2v) is 10.5. The number of ether oxygens (including phenoxy) is 2. The van der Waals surface area contributed by atoms with E-state index in [2.05, 4.69) is 23.7 Å². The van der Waals surface area contributed by atoms with E-state index >= 15 is 0 Å². The average Bonchev–Trinajstić information content (AvgIpc) is 3.55. The zero-order valence-electron chi connectivity index (χ0n) is 18.7. The van der Waals surface area contributed by atoms with Gasteiger partial charge in [0.05, 0.1) is 23.0 Å². The van der Waals surface area contributed by atoms with Gasteiger partial charge in [-0.2, -0.15) is 0 Å². The highest BCUT2D eigenvalue weighted by molar-refractivity contribution is 7.22. The van der Waals surface area contributed by atoms with Crippen LogP contribution in [-0.2, 0) is 9.47 Å². The van der Waals surface area contributed by atoms with E-state index in [1.165, 1.54) is 22.7 Å². The van der Waals surface area contributed by atoms with E-state index in [4.69, 9.17) is 9.47 Å². The molecule has 12 heteroatoms. The summed E-state index contributed by atoms with van der Waals surface area (Å²) < 4.78 is 10.8. The van der Waals surface area contributed by atoms with E-state index < -0.39 is 74.3 Å². The smallest absolute Gasteiger partial charge is 0.147 e. The van der Waals surface area contributed by atoms with Crippen molar-refractivity contribution in [3.63, 3.8) is 0 Å². The van der Waals surface area contributed by atoms with Crippen molar-refractivity contribution in [2.75, 3.05) is 13.2 Å². The highest BCUT2D eigenvalue weighted by Gasteiger charge is 2.43. The fraction of sp³-hybridized carbons (Fsp3) is 0.500. The Balaban J connectivity index is 1.44. The largest absolute Gasteiger partial charge is 0.394 e. The van der Waals surface area contributed by atoms with Gasteiger partial charge in [-0.15, -0.1) is 22.7 Å². The quantitative estimate of drug-likeness (QED) is 0.201. The summed E-state index contributed by atoms with van der Waals surface area (Å²) in [6.45, 7) is -1.04. The molecule has 8 N–H and O–H groups in total. The van der Waals surface area contributed by atoms with Gasteiger partial charge in [-0.3, -0.25) is 0 Å². The Kier molecular flexibility index (Phi) is 8.80. The maximum atomic E-state index is 10.1. The highest BCUT2D eigenvalue weighted by atomic mass is 32.1. The van der Waals surface area contributed by atoms with E-state index in [9.17, 15) is 40.9 Å². The molecule has 0 aromatic carbocycles. The lowest BCUT2D eigenvalue weighted by atomic mass is 9.95. The maximum Gasteiger partial charge on any atom is 0.147 e. The minimum atomic E-state index is -1.48. The third-order valence-electron chi connectivity index (χ3n) is 5.91. The van der Waals surface area contributed by atoms with Crippen LogP contribution in [0.2, 0.25) is 0 Å². The molecule has 0 aliphatic carbocycles. The van der Waals surface area contributed by atoms with Crippen LogP contribution in [0, 0.1) is 23.7 Å². The van der Waals surface area contributed by atoms with E-state index in [0.29, 0.717) is 9.75 Å². The topological polar surface area (TPSA) is 180 Å². The number of thiophene rings is 2. The molecule has 2 aromatic rings. The lowest BCUT2D eigenvalue weighted by Crippen LogP contribution is -2.58. The Morgan fingerprint density at radius 2 is 0.972 bits per heavy atom. The van der Waals surface area contributed by atoms with Crippen LogP contribution < -0.4 is 0 Å². The molecule has 0 saturated carbocycles. The van der Waals surface area contributed by atoms with Gasteiger partial charge in [-0.25, -0.2) is 0 Å². The van der Waals surface area contributed by atoms with Crippen LogP contribution in [0.5, 0.6) is 0 Å². The van der Waals surface area contributed by atoms with E-state index in [-0.39, 0.29) is 0 Å². The lowest BCUT2D eigenvalue weighted by Gasteiger charge is -2.37. The SMILES string of the molecule is OC[C@H]1O[C@H](C#Cc2ccc(-c3ccc(C#C[C@H]4O[C@H](CO)[C@@H](O)[C@H](O)[C@@H]4O)s3)s2)[C@@H](O)[C@@H](O)[C@@H]1O. The van der Waals surface area contributed by atoms with Crippen molar-refractivity contribution in [2.24, 2.45) is 0 Å². The first-order valence-electron chi connectivity index (χ1n) is 11.1. The highest BCUT2D eigenvalue weighted by Crippen LogP contribution is 2.33. The van der Waals surface area contributed by atoms with Gasteiger partial charge >= 0.3 is 0 Å². The Hall–Kier alpha value is -1.88. The molecular formula is C24H26O10S2. The van der Waals surface area contributed by atoms with Gasteiger partial charge in [-0.05, 0) is 24.3 Å². The fourth-order valence-corrected chi connectivity index (χ4v) is 5.63. The molecule has 0 radical (unpaired) electrons. The van der Waals surface area contributed by atoms with Crippen molar-refractivity contribution in [3.05, 3.63) is 34.0 Å². The standard InChI is InChI=1S/C24H26O10S2/c25-9-15-21(29)23(31)19(27)13(33-15)5-1-11-3-7-17(35-11)18-8-4-12(36-18)2-6-14-20(28)24(32)22(30)16(10-26)34-14/h3-4,7-8,13-16,19-32H,9-10H2/t13-,14-,15-,16-,19-,20-,21-,22-,23-,24-/m1/s1. The molecule has 10 nitrogen and oxygen atoms in total. The van der Waals surface area contributed by atoms with Gasteiger partial charge in [-0.1, -0.05) is 23.7 Å². The predicted molar refractivity (Wildman–Crippen MR) is 129 cm³/mol. The number of aliphatic hydroxyl groups excluding tert-OH is 8. The molecule has 36 heavy (non-hydrogen) atoms. The number of hydrogen-bond donors (Lipinski definition) is 8. The van der Waals surface area contributed by atoms with Gasteiger partial charge in [0.25, 0.3) is 0 Å². The molecule has 2 saturated heterocycles. The molecule has 0 amide bonds. The van der Waals surface area contributed by atoms with Crippen molar-refractivity contribution >= 4 is 22.7 Å². The van der Waals surface area contributed by atoms with Gasteiger partial charge in [0.2, 0.25) is 0 Å². The normalized spacial score (nSPS) is 36.4. The summed E-state index contributed by atoms with van der Waals surface area (Å²) in [4.78, 5) is 3.15. The van der Waals surface area contributed by atoms with Crippen LogP contribution >= 0.6 is 22.7 Å². The van der Waals surface area contributed by atoms with Crippen LogP contribution in [0.4, 0.5) is 0 Å². The first-order chi connectivity index (χ1) is 17.2. The molecule has 2 aromatic heterocycles. The molecule has 194 valence electrons. The number of hydrogen-bond acceptors (Lipinski definition) is 12. The second kappa shape index (κ2) is 11.7. The minimum Gasteiger partial charge on any atom is -0.394 e. The van der Waals surface area contributed by atoms with Crippen molar-refractivity contribution in [3.8, 4) is 33.4 Å². The van der Waals surface area contributed by atoms with Gasteiger partial charge in [0.15, 0.2) is 0 Å². The van der Waals surface area contributed by atoms with Crippen LogP contribution in [0.25, 0.3) is 9.75 Å². The lowest BCUT2D eigenvalue weighted by molar-refractivity contribution is -0.214. The maximum absolute atomic E-state index is 10.1. The van der Waals surface area contributed by atoms with E-state index in [0.717, 1.165) is 9.75 Å². The van der Waals surface area contributed by atoms with Gasteiger partial charge in [0.1, 0.15) is 61.0 Å². The van der Waals surface area contributed by atoms with E-state index in [1.807, 2.05) is 12.1 Å². The molecule has 4 heterocycles. The minimum absolute atomic E-state index is 0.522. The molecule has 2 aliphatic heterocycles. The van der Waals surface area contributed by atoms with Gasteiger partial charge < -0.3 is 50.3 Å². The molecule has 0 spiro atoms. The third-order valence-corrected chi connectivity index (χ3v) is 8.11. The van der Waals surface area contributed by atoms with Crippen LogP contribution in [-0.4, -0.2) is 115 Å².